The Bertz CT molecular complexity index is 759. The average molecular weight is 340 g/mol. The molecular weight excluding hydrogens is 320 g/mol. The number of rotatable bonds is 3. The van der Waals surface area contributed by atoms with Crippen LogP contribution in [0.25, 0.3) is 0 Å². The molecule has 0 saturated carbocycles. The number of likely N-dealkylation sites (tertiary alicyclic amines) is 1. The number of carbonyl (C=O) groups excluding carboxylic acids is 1. The van der Waals surface area contributed by atoms with Gasteiger partial charge in [0.25, 0.3) is 0 Å². The van der Waals surface area contributed by atoms with Crippen LogP contribution in [0.15, 0.2) is 23.1 Å². The monoisotopic (exact) mass is 340 g/mol. The molecule has 1 heterocycles. The van der Waals surface area contributed by atoms with Crippen molar-refractivity contribution in [2.75, 3.05) is 24.7 Å². The van der Waals surface area contributed by atoms with E-state index in [1.807, 2.05) is 0 Å². The summed E-state index contributed by atoms with van der Waals surface area (Å²) in [5, 5.41) is 11.8. The minimum Gasteiger partial charge on any atom is -0.481 e. The molecule has 1 aromatic rings. The molecule has 1 aliphatic rings. The third-order valence-electron chi connectivity index (χ3n) is 4.06. The van der Waals surface area contributed by atoms with Crippen molar-refractivity contribution < 1.29 is 23.1 Å². The van der Waals surface area contributed by atoms with Crippen LogP contribution in [0.1, 0.15) is 18.9 Å². The van der Waals surface area contributed by atoms with Crippen molar-refractivity contribution >= 4 is 27.5 Å². The first-order chi connectivity index (χ1) is 10.5. The lowest BCUT2D eigenvalue weighted by atomic mass is 9.90. The van der Waals surface area contributed by atoms with Crippen molar-refractivity contribution in [3.63, 3.8) is 0 Å². The standard InChI is InChI=1S/C15H20N2O5S/c1-10-4-5-11(12(8-10)23(3,21)22)16-14(20)17-7-6-15(2,9-17)13(18)19/h4-5,8H,6-7,9H2,1-3H3,(H,16,20)(H,18,19). The Kier molecular flexibility index (Phi) is 4.39. The number of amides is 2. The zero-order chi connectivity index (χ0) is 17.4. The Morgan fingerprint density at radius 1 is 1.35 bits per heavy atom. The lowest BCUT2D eigenvalue weighted by Gasteiger charge is -2.21. The number of carboxylic acids is 1. The first kappa shape index (κ1) is 17.3. The van der Waals surface area contributed by atoms with Crippen molar-refractivity contribution in [2.24, 2.45) is 5.41 Å². The first-order valence-corrected chi connectivity index (χ1v) is 9.02. The smallest absolute Gasteiger partial charge is 0.321 e. The third kappa shape index (κ3) is 3.64. The topological polar surface area (TPSA) is 104 Å². The van der Waals surface area contributed by atoms with E-state index < -0.39 is 27.3 Å². The fourth-order valence-corrected chi connectivity index (χ4v) is 3.46. The van der Waals surface area contributed by atoms with Crippen LogP contribution < -0.4 is 5.32 Å². The molecule has 1 atom stereocenters. The minimum atomic E-state index is -3.49. The molecule has 0 bridgehead atoms. The number of carboxylic acid groups (broad SMARTS) is 1. The maximum absolute atomic E-state index is 12.3. The summed E-state index contributed by atoms with van der Waals surface area (Å²) < 4.78 is 23.7. The van der Waals surface area contributed by atoms with E-state index in [4.69, 9.17) is 0 Å². The number of sulfone groups is 1. The zero-order valence-corrected chi connectivity index (χ0v) is 14.1. The molecule has 23 heavy (non-hydrogen) atoms. The van der Waals surface area contributed by atoms with Crippen LogP contribution in [0.3, 0.4) is 0 Å². The van der Waals surface area contributed by atoms with E-state index in [-0.39, 0.29) is 17.1 Å². The molecule has 2 rings (SSSR count). The zero-order valence-electron chi connectivity index (χ0n) is 13.3. The van der Waals surface area contributed by atoms with Crippen LogP contribution in [0.5, 0.6) is 0 Å². The Morgan fingerprint density at radius 2 is 2.00 bits per heavy atom. The number of urea groups is 1. The summed E-state index contributed by atoms with van der Waals surface area (Å²) in [4.78, 5) is 25.0. The van der Waals surface area contributed by atoms with Gasteiger partial charge in [-0.05, 0) is 38.0 Å². The molecule has 1 aromatic carbocycles. The van der Waals surface area contributed by atoms with Gasteiger partial charge in [-0.1, -0.05) is 6.07 Å². The third-order valence-corrected chi connectivity index (χ3v) is 5.19. The summed E-state index contributed by atoms with van der Waals surface area (Å²) in [7, 11) is -3.49. The van der Waals surface area contributed by atoms with Gasteiger partial charge in [0.2, 0.25) is 0 Å². The minimum absolute atomic E-state index is 0.0473. The summed E-state index contributed by atoms with van der Waals surface area (Å²) in [6.45, 7) is 3.76. The summed E-state index contributed by atoms with van der Waals surface area (Å²) >= 11 is 0. The maximum Gasteiger partial charge on any atom is 0.321 e. The number of hydrogen-bond donors (Lipinski definition) is 2. The molecule has 0 radical (unpaired) electrons. The van der Waals surface area contributed by atoms with E-state index in [2.05, 4.69) is 5.32 Å². The van der Waals surface area contributed by atoms with Crippen LogP contribution in [0, 0.1) is 12.3 Å². The average Bonchev–Trinajstić information content (AvgIpc) is 2.84. The molecule has 0 aliphatic carbocycles. The normalized spacial score (nSPS) is 21.3. The molecule has 126 valence electrons. The molecule has 8 heteroatoms. The number of hydrogen-bond acceptors (Lipinski definition) is 4. The quantitative estimate of drug-likeness (QED) is 0.872. The molecule has 1 saturated heterocycles. The Labute approximate surface area is 135 Å². The molecular formula is C15H20N2O5S. The predicted molar refractivity (Wildman–Crippen MR) is 85.2 cm³/mol. The van der Waals surface area contributed by atoms with Gasteiger partial charge < -0.3 is 15.3 Å². The molecule has 0 aromatic heterocycles. The molecule has 1 aliphatic heterocycles. The molecule has 2 N–H and O–H groups in total. The summed E-state index contributed by atoms with van der Waals surface area (Å²) in [5.74, 6) is -0.944. The van der Waals surface area contributed by atoms with Crippen LogP contribution in [-0.2, 0) is 14.6 Å². The molecule has 1 fully saturated rings. The second-order valence-electron chi connectivity index (χ2n) is 6.24. The Morgan fingerprint density at radius 3 is 2.52 bits per heavy atom. The maximum atomic E-state index is 12.3. The predicted octanol–water partition coefficient (Wildman–Crippen LogP) is 1.73. The van der Waals surface area contributed by atoms with E-state index in [9.17, 15) is 23.1 Å². The Balaban J connectivity index is 2.21. The lowest BCUT2D eigenvalue weighted by Crippen LogP contribution is -2.37. The summed E-state index contributed by atoms with van der Waals surface area (Å²) in [5.41, 5.74) is -0.000314. The van der Waals surface area contributed by atoms with Crippen LogP contribution in [-0.4, -0.2) is 49.8 Å². The number of benzene rings is 1. The molecule has 2 amide bonds. The highest BCUT2D eigenvalue weighted by molar-refractivity contribution is 7.90. The van der Waals surface area contributed by atoms with E-state index in [0.29, 0.717) is 13.0 Å². The molecule has 0 spiro atoms. The highest BCUT2D eigenvalue weighted by atomic mass is 32.2. The van der Waals surface area contributed by atoms with Crippen LogP contribution in [0.2, 0.25) is 0 Å². The number of nitrogens with one attached hydrogen (secondary N) is 1. The first-order valence-electron chi connectivity index (χ1n) is 7.13. The molecule has 7 nitrogen and oxygen atoms in total. The summed E-state index contributed by atoms with van der Waals surface area (Å²) in [6, 6.07) is 4.24. The largest absolute Gasteiger partial charge is 0.481 e. The van der Waals surface area contributed by atoms with Crippen molar-refractivity contribution in [3.05, 3.63) is 23.8 Å². The van der Waals surface area contributed by atoms with Gasteiger partial charge in [0.15, 0.2) is 9.84 Å². The van der Waals surface area contributed by atoms with E-state index in [1.165, 1.54) is 17.0 Å². The fraction of sp³-hybridized carbons (Fsp3) is 0.467. The summed E-state index contributed by atoms with van der Waals surface area (Å²) in [6.07, 6.45) is 1.44. The molecule has 1 unspecified atom stereocenters. The number of anilines is 1. The number of carbonyl (C=O) groups is 2. The van der Waals surface area contributed by atoms with Gasteiger partial charge in [0.1, 0.15) is 0 Å². The number of nitrogens with zero attached hydrogens (tertiary/aromatic N) is 1. The van der Waals surface area contributed by atoms with Crippen molar-refractivity contribution in [1.82, 2.24) is 4.90 Å². The van der Waals surface area contributed by atoms with Gasteiger partial charge in [0, 0.05) is 19.3 Å². The number of aryl methyl sites for hydroxylation is 1. The second-order valence-corrected chi connectivity index (χ2v) is 8.22. The van der Waals surface area contributed by atoms with E-state index in [0.717, 1.165) is 11.8 Å². The van der Waals surface area contributed by atoms with Crippen LogP contribution >= 0.6 is 0 Å². The second kappa shape index (κ2) is 5.84. The van der Waals surface area contributed by atoms with Gasteiger partial charge in [0.05, 0.1) is 16.0 Å². The van der Waals surface area contributed by atoms with Crippen molar-refractivity contribution in [2.45, 2.75) is 25.2 Å². The van der Waals surface area contributed by atoms with Crippen LogP contribution in [0.4, 0.5) is 10.5 Å². The van der Waals surface area contributed by atoms with Gasteiger partial charge in [-0.15, -0.1) is 0 Å². The van der Waals surface area contributed by atoms with Gasteiger partial charge in [-0.3, -0.25) is 4.79 Å². The van der Waals surface area contributed by atoms with Gasteiger partial charge >= 0.3 is 12.0 Å². The van der Waals surface area contributed by atoms with Gasteiger partial charge in [-0.2, -0.15) is 0 Å². The highest BCUT2D eigenvalue weighted by Gasteiger charge is 2.42. The van der Waals surface area contributed by atoms with Crippen molar-refractivity contribution in [3.8, 4) is 0 Å². The lowest BCUT2D eigenvalue weighted by molar-refractivity contribution is -0.146. The Hall–Kier alpha value is -2.09. The van der Waals surface area contributed by atoms with Gasteiger partial charge in [-0.25, -0.2) is 13.2 Å². The van der Waals surface area contributed by atoms with E-state index in [1.54, 1.807) is 19.9 Å². The fourth-order valence-electron chi connectivity index (χ4n) is 2.54. The SMILES string of the molecule is Cc1ccc(NC(=O)N2CCC(C)(C(=O)O)C2)c(S(C)(=O)=O)c1. The van der Waals surface area contributed by atoms with Crippen molar-refractivity contribution in [1.29, 1.82) is 0 Å². The highest BCUT2D eigenvalue weighted by Crippen LogP contribution is 2.31. The van der Waals surface area contributed by atoms with E-state index >= 15 is 0 Å². The number of aliphatic carboxylic acids is 1.